The van der Waals surface area contributed by atoms with Crippen LogP contribution in [0.5, 0.6) is 0 Å². The maximum atomic E-state index is 13.6. The highest BCUT2D eigenvalue weighted by molar-refractivity contribution is 5.96. The highest BCUT2D eigenvalue weighted by atomic mass is 19.4. The first-order valence-corrected chi connectivity index (χ1v) is 10.7. The second-order valence-electron chi connectivity index (χ2n) is 7.77. The molecule has 1 N–H and O–H groups in total. The van der Waals surface area contributed by atoms with Crippen LogP contribution >= 0.6 is 0 Å². The van der Waals surface area contributed by atoms with Crippen molar-refractivity contribution in [3.05, 3.63) is 69.1 Å². The van der Waals surface area contributed by atoms with E-state index in [0.29, 0.717) is 11.3 Å². The molecule has 0 aliphatic rings. The number of nitrogens with zero attached hydrogens (tertiary/aromatic N) is 2. The third kappa shape index (κ3) is 4.95. The first-order valence-electron chi connectivity index (χ1n) is 10.7. The Morgan fingerprint density at radius 3 is 2.26 bits per heavy atom. The molecule has 1 amide bonds. The number of aromatic nitrogens is 2. The number of carbonyl (C=O) groups excluding carboxylic acids is 2. The van der Waals surface area contributed by atoms with Gasteiger partial charge in [0.25, 0.3) is 5.56 Å². The maximum Gasteiger partial charge on any atom is 0.438 e. The first kappa shape index (κ1) is 24.9. The van der Waals surface area contributed by atoms with E-state index in [9.17, 15) is 27.6 Å². The number of rotatable bonds is 6. The molecule has 1 atom stereocenters. The van der Waals surface area contributed by atoms with Gasteiger partial charge in [-0.2, -0.15) is 13.2 Å². The summed E-state index contributed by atoms with van der Waals surface area (Å²) in [6.07, 6.45) is -4.93. The number of fused-ring (bicyclic) bond motifs is 1. The third-order valence-electron chi connectivity index (χ3n) is 5.44. The normalized spacial score (nSPS) is 12.4. The van der Waals surface area contributed by atoms with E-state index in [1.54, 1.807) is 33.8 Å². The van der Waals surface area contributed by atoms with Crippen molar-refractivity contribution >= 4 is 28.6 Å². The number of alkyl halides is 3. The topological polar surface area (TPSA) is 90.3 Å². The summed E-state index contributed by atoms with van der Waals surface area (Å²) in [4.78, 5) is 41.4. The number of hydrogen-bond donors (Lipinski definition) is 1. The Morgan fingerprint density at radius 2 is 1.71 bits per heavy atom. The number of benzene rings is 2. The zero-order chi connectivity index (χ0) is 25.2. The van der Waals surface area contributed by atoms with E-state index in [2.05, 4.69) is 10.3 Å². The molecule has 0 aliphatic carbocycles. The molecular weight excluding hydrogens is 451 g/mol. The quantitative estimate of drug-likeness (QED) is 0.518. The summed E-state index contributed by atoms with van der Waals surface area (Å²) in [5, 5.41) is 2.61. The average Bonchev–Trinajstić information content (AvgIpc) is 2.76. The van der Waals surface area contributed by atoms with E-state index >= 15 is 0 Å². The molecule has 0 unspecified atom stereocenters. The second kappa shape index (κ2) is 9.66. The lowest BCUT2D eigenvalue weighted by Gasteiger charge is -2.22. The Kier molecular flexibility index (Phi) is 7.09. The van der Waals surface area contributed by atoms with Gasteiger partial charge in [-0.05, 0) is 74.7 Å². The number of carbonyl (C=O) groups is 2. The Labute approximate surface area is 193 Å². The number of amides is 1. The molecule has 0 radical (unpaired) electrons. The molecule has 0 bridgehead atoms. The number of halogens is 3. The molecule has 1 aromatic heterocycles. The van der Waals surface area contributed by atoms with Gasteiger partial charge in [0.1, 0.15) is 6.04 Å². The standard InChI is InChI=1S/C24H24F3N3O4/c1-5-18(21(31)28-16-9-7-15(8-10-16)23(33)34-6-2)30-19-12-14(4)13(3)11-17(19)29-20(22(30)32)24(25,26)27/h7-12,18H,5-6H2,1-4H3,(H,28,31)/t18-/m1/s1. The van der Waals surface area contributed by atoms with Crippen LogP contribution in [0.4, 0.5) is 18.9 Å². The van der Waals surface area contributed by atoms with Gasteiger partial charge in [-0.1, -0.05) is 6.92 Å². The fraction of sp³-hybridized carbons (Fsp3) is 0.333. The van der Waals surface area contributed by atoms with Crippen LogP contribution in [0.1, 0.15) is 53.5 Å². The van der Waals surface area contributed by atoms with E-state index in [0.717, 1.165) is 10.1 Å². The molecule has 180 valence electrons. The van der Waals surface area contributed by atoms with Crippen molar-refractivity contribution in [2.24, 2.45) is 0 Å². The van der Waals surface area contributed by atoms with E-state index < -0.39 is 35.3 Å². The molecule has 0 saturated heterocycles. The largest absolute Gasteiger partial charge is 0.462 e. The minimum Gasteiger partial charge on any atom is -0.462 e. The second-order valence-corrected chi connectivity index (χ2v) is 7.77. The lowest BCUT2D eigenvalue weighted by atomic mass is 10.1. The summed E-state index contributed by atoms with van der Waals surface area (Å²) in [6.45, 7) is 6.97. The van der Waals surface area contributed by atoms with Gasteiger partial charge in [-0.25, -0.2) is 9.78 Å². The molecule has 1 heterocycles. The maximum absolute atomic E-state index is 13.6. The molecule has 0 spiro atoms. The van der Waals surface area contributed by atoms with Gasteiger partial charge in [-0.3, -0.25) is 14.2 Å². The zero-order valence-corrected chi connectivity index (χ0v) is 19.1. The van der Waals surface area contributed by atoms with Crippen LogP contribution in [0.25, 0.3) is 11.0 Å². The molecule has 3 aromatic rings. The Balaban J connectivity index is 2.06. The smallest absolute Gasteiger partial charge is 0.438 e. The van der Waals surface area contributed by atoms with Gasteiger partial charge in [-0.15, -0.1) is 0 Å². The van der Waals surface area contributed by atoms with Gasteiger partial charge in [0.05, 0.1) is 23.2 Å². The number of ether oxygens (including phenoxy) is 1. The molecule has 3 rings (SSSR count). The van der Waals surface area contributed by atoms with Crippen molar-refractivity contribution in [2.75, 3.05) is 11.9 Å². The zero-order valence-electron chi connectivity index (χ0n) is 19.1. The number of aryl methyl sites for hydroxylation is 2. The van der Waals surface area contributed by atoms with Gasteiger partial charge in [0.2, 0.25) is 11.6 Å². The van der Waals surface area contributed by atoms with Gasteiger partial charge >= 0.3 is 12.1 Å². The number of hydrogen-bond acceptors (Lipinski definition) is 5. The molecule has 7 nitrogen and oxygen atoms in total. The summed E-state index contributed by atoms with van der Waals surface area (Å²) >= 11 is 0. The summed E-state index contributed by atoms with van der Waals surface area (Å²) in [5.41, 5.74) is -0.809. The monoisotopic (exact) mass is 475 g/mol. The highest BCUT2D eigenvalue weighted by Gasteiger charge is 2.38. The Morgan fingerprint density at radius 1 is 1.09 bits per heavy atom. The number of nitrogens with one attached hydrogen (secondary N) is 1. The number of esters is 1. The SMILES string of the molecule is CCOC(=O)c1ccc(NC(=O)[C@@H](CC)n2c(=O)c(C(F)(F)F)nc3cc(C)c(C)cc32)cc1. The van der Waals surface area contributed by atoms with Crippen LogP contribution in [0.2, 0.25) is 0 Å². The van der Waals surface area contributed by atoms with Gasteiger partial charge in [0, 0.05) is 5.69 Å². The predicted molar refractivity (Wildman–Crippen MR) is 121 cm³/mol. The minimum absolute atomic E-state index is 0.0277. The van der Waals surface area contributed by atoms with Gasteiger partial charge < -0.3 is 10.1 Å². The van der Waals surface area contributed by atoms with Crippen LogP contribution in [-0.2, 0) is 15.7 Å². The highest BCUT2D eigenvalue weighted by Crippen LogP contribution is 2.29. The van der Waals surface area contributed by atoms with Crippen molar-refractivity contribution in [3.63, 3.8) is 0 Å². The van der Waals surface area contributed by atoms with Crippen molar-refractivity contribution < 1.29 is 27.5 Å². The molecule has 34 heavy (non-hydrogen) atoms. The van der Waals surface area contributed by atoms with Crippen molar-refractivity contribution in [3.8, 4) is 0 Å². The Bertz CT molecular complexity index is 1300. The van der Waals surface area contributed by atoms with Crippen LogP contribution in [-0.4, -0.2) is 28.0 Å². The van der Waals surface area contributed by atoms with Gasteiger partial charge in [0.15, 0.2) is 0 Å². The van der Waals surface area contributed by atoms with Crippen LogP contribution in [0.3, 0.4) is 0 Å². The minimum atomic E-state index is -4.98. The van der Waals surface area contributed by atoms with Crippen molar-refractivity contribution in [1.82, 2.24) is 9.55 Å². The van der Waals surface area contributed by atoms with Crippen molar-refractivity contribution in [1.29, 1.82) is 0 Å². The van der Waals surface area contributed by atoms with Crippen LogP contribution in [0, 0.1) is 13.8 Å². The molecule has 0 saturated carbocycles. The number of anilines is 1. The van der Waals surface area contributed by atoms with Crippen LogP contribution < -0.4 is 10.9 Å². The van der Waals surface area contributed by atoms with E-state index in [4.69, 9.17) is 4.74 Å². The molecule has 0 fully saturated rings. The summed E-state index contributed by atoms with van der Waals surface area (Å²) < 4.78 is 46.6. The fourth-order valence-electron chi connectivity index (χ4n) is 3.57. The summed E-state index contributed by atoms with van der Waals surface area (Å²) in [6, 6.07) is 7.65. The fourth-order valence-corrected chi connectivity index (χ4v) is 3.57. The average molecular weight is 475 g/mol. The molecule has 0 aliphatic heterocycles. The molecule has 2 aromatic carbocycles. The Hall–Kier alpha value is -3.69. The third-order valence-corrected chi connectivity index (χ3v) is 5.44. The molecule has 10 heteroatoms. The van der Waals surface area contributed by atoms with Crippen molar-refractivity contribution in [2.45, 2.75) is 46.3 Å². The van der Waals surface area contributed by atoms with E-state index in [-0.39, 0.29) is 29.6 Å². The lowest BCUT2D eigenvalue weighted by Crippen LogP contribution is -2.37. The van der Waals surface area contributed by atoms with Crippen LogP contribution in [0.15, 0.2) is 41.2 Å². The lowest BCUT2D eigenvalue weighted by molar-refractivity contribution is -0.142. The van der Waals surface area contributed by atoms with E-state index in [1.807, 2.05) is 0 Å². The first-order chi connectivity index (χ1) is 16.0. The summed E-state index contributed by atoms with van der Waals surface area (Å²) in [7, 11) is 0. The predicted octanol–water partition coefficient (Wildman–Crippen LogP) is 4.80. The summed E-state index contributed by atoms with van der Waals surface area (Å²) in [5.74, 6) is -1.20. The van der Waals surface area contributed by atoms with E-state index in [1.165, 1.54) is 30.3 Å². The molecular formula is C24H24F3N3O4.